The van der Waals surface area contributed by atoms with E-state index in [1.807, 2.05) is 34.7 Å². The zero-order chi connectivity index (χ0) is 18.2. The number of carbonyl (C=O) groups is 1. The molecule has 2 aromatic carbocycles. The van der Waals surface area contributed by atoms with Crippen molar-refractivity contribution < 1.29 is 13.9 Å². The molecule has 2 aromatic rings. The molecular weight excluding hydrogens is 436 g/mol. The topological polar surface area (TPSA) is 85.9 Å². The van der Waals surface area contributed by atoms with Gasteiger partial charge in [-0.2, -0.15) is 10.5 Å². The maximum atomic E-state index is 13.6. The van der Waals surface area contributed by atoms with E-state index in [4.69, 9.17) is 10.00 Å². The second kappa shape index (κ2) is 8.81. The molecule has 0 unspecified atom stereocenters. The highest BCUT2D eigenvalue weighted by molar-refractivity contribution is 14.1. The lowest BCUT2D eigenvalue weighted by atomic mass is 10.1. The molecule has 0 bridgehead atoms. The van der Waals surface area contributed by atoms with Crippen LogP contribution >= 0.6 is 22.6 Å². The highest BCUT2D eigenvalue weighted by Gasteiger charge is 2.12. The van der Waals surface area contributed by atoms with Crippen molar-refractivity contribution in [1.82, 2.24) is 0 Å². The van der Waals surface area contributed by atoms with Gasteiger partial charge in [-0.1, -0.05) is 18.2 Å². The number of para-hydroxylation sites is 1. The van der Waals surface area contributed by atoms with Crippen LogP contribution < -0.4 is 10.1 Å². The Morgan fingerprint density at radius 2 is 2.04 bits per heavy atom. The molecule has 124 valence electrons. The quantitative estimate of drug-likeness (QED) is 0.429. The first-order valence-electron chi connectivity index (χ1n) is 7.02. The molecule has 25 heavy (non-hydrogen) atoms. The van der Waals surface area contributed by atoms with E-state index in [1.54, 1.807) is 24.3 Å². The zero-order valence-electron chi connectivity index (χ0n) is 12.8. The van der Waals surface area contributed by atoms with Crippen LogP contribution in [0.3, 0.4) is 0 Å². The first-order chi connectivity index (χ1) is 12.0. The van der Waals surface area contributed by atoms with E-state index in [0.717, 1.165) is 3.57 Å². The Morgan fingerprint density at radius 3 is 2.68 bits per heavy atom. The molecular formula is C18H11FIN3O2. The first-order valence-corrected chi connectivity index (χ1v) is 8.10. The molecule has 1 N–H and O–H groups in total. The van der Waals surface area contributed by atoms with Crippen molar-refractivity contribution in [3.05, 3.63) is 63.0 Å². The Bertz CT molecular complexity index is 913. The summed E-state index contributed by atoms with van der Waals surface area (Å²) in [5.74, 6) is -0.747. The number of nitriles is 2. The van der Waals surface area contributed by atoms with Gasteiger partial charge in [0.25, 0.3) is 5.91 Å². The molecule has 0 aromatic heterocycles. The summed E-state index contributed by atoms with van der Waals surface area (Å²) in [5, 5.41) is 20.1. The summed E-state index contributed by atoms with van der Waals surface area (Å²) in [6.07, 6.45) is 1.40. The first kappa shape index (κ1) is 18.4. The largest absolute Gasteiger partial charge is 0.478 e. The molecule has 0 atom stereocenters. The molecule has 1 amide bonds. The van der Waals surface area contributed by atoms with Gasteiger partial charge in [0.1, 0.15) is 29.3 Å². The third-order valence-electron chi connectivity index (χ3n) is 3.05. The second-order valence-electron chi connectivity index (χ2n) is 4.74. The molecule has 0 saturated carbocycles. The van der Waals surface area contributed by atoms with Gasteiger partial charge in [-0.25, -0.2) is 4.39 Å². The maximum absolute atomic E-state index is 13.6. The predicted octanol–water partition coefficient (Wildman–Crippen LogP) is 3.88. The summed E-state index contributed by atoms with van der Waals surface area (Å²) in [5.41, 5.74) is 0.446. The molecule has 2 rings (SSSR count). The SMILES string of the molecule is N#CCOc1ccc(/C=C(/C#N)C(=O)Nc2ccccc2F)cc1I. The van der Waals surface area contributed by atoms with E-state index in [-0.39, 0.29) is 17.9 Å². The van der Waals surface area contributed by atoms with E-state index < -0.39 is 11.7 Å². The number of hydrogen-bond donors (Lipinski definition) is 1. The van der Waals surface area contributed by atoms with Crippen molar-refractivity contribution >= 4 is 40.3 Å². The summed E-state index contributed by atoms with van der Waals surface area (Å²) in [6, 6.07) is 14.4. The molecule has 0 aliphatic carbocycles. The number of hydrogen-bond acceptors (Lipinski definition) is 4. The Morgan fingerprint density at radius 1 is 1.28 bits per heavy atom. The number of rotatable bonds is 5. The number of benzene rings is 2. The number of nitrogens with zero attached hydrogens (tertiary/aromatic N) is 2. The number of ether oxygens (including phenoxy) is 1. The summed E-state index contributed by atoms with van der Waals surface area (Å²) in [4.78, 5) is 12.2. The number of nitrogens with one attached hydrogen (secondary N) is 1. The minimum Gasteiger partial charge on any atom is -0.478 e. The summed E-state index contributed by atoms with van der Waals surface area (Å²) >= 11 is 2.03. The Kier molecular flexibility index (Phi) is 6.49. The van der Waals surface area contributed by atoms with Gasteiger partial charge in [0.2, 0.25) is 0 Å². The second-order valence-corrected chi connectivity index (χ2v) is 5.90. The van der Waals surface area contributed by atoms with Crippen molar-refractivity contribution in [2.45, 2.75) is 0 Å². The predicted molar refractivity (Wildman–Crippen MR) is 98.9 cm³/mol. The number of carbonyl (C=O) groups excluding carboxylic acids is 1. The molecule has 0 spiro atoms. The maximum Gasteiger partial charge on any atom is 0.266 e. The van der Waals surface area contributed by atoms with Crippen molar-refractivity contribution in [2.24, 2.45) is 0 Å². The van der Waals surface area contributed by atoms with Crippen molar-refractivity contribution in [3.63, 3.8) is 0 Å². The molecule has 0 fully saturated rings. The molecule has 0 aliphatic rings. The summed E-state index contributed by atoms with van der Waals surface area (Å²) in [6.45, 7) is -0.0698. The molecule has 0 aliphatic heterocycles. The van der Waals surface area contributed by atoms with Crippen LogP contribution in [0.25, 0.3) is 6.08 Å². The Labute approximate surface area is 157 Å². The lowest BCUT2D eigenvalue weighted by molar-refractivity contribution is -0.112. The van der Waals surface area contributed by atoms with E-state index >= 15 is 0 Å². The van der Waals surface area contributed by atoms with Gasteiger partial charge < -0.3 is 10.1 Å². The average Bonchev–Trinajstić information content (AvgIpc) is 2.60. The van der Waals surface area contributed by atoms with Crippen LogP contribution in [0.2, 0.25) is 0 Å². The summed E-state index contributed by atoms with van der Waals surface area (Å²) < 4.78 is 19.6. The van der Waals surface area contributed by atoms with E-state index in [0.29, 0.717) is 11.3 Å². The minimum atomic E-state index is -0.701. The lowest BCUT2D eigenvalue weighted by Gasteiger charge is -2.07. The van der Waals surface area contributed by atoms with Gasteiger partial charge in [-0.15, -0.1) is 0 Å². The Balaban J connectivity index is 2.21. The normalized spacial score (nSPS) is 10.5. The molecule has 7 heteroatoms. The number of halogens is 2. The fourth-order valence-electron chi connectivity index (χ4n) is 1.90. The van der Waals surface area contributed by atoms with Crippen LogP contribution in [0.15, 0.2) is 48.0 Å². The van der Waals surface area contributed by atoms with Crippen LogP contribution in [0.1, 0.15) is 5.56 Å². The highest BCUT2D eigenvalue weighted by atomic mass is 127. The van der Waals surface area contributed by atoms with Crippen molar-refractivity contribution in [3.8, 4) is 17.9 Å². The highest BCUT2D eigenvalue weighted by Crippen LogP contribution is 2.23. The van der Waals surface area contributed by atoms with Gasteiger partial charge in [-0.05, 0) is 58.5 Å². The van der Waals surface area contributed by atoms with Gasteiger partial charge in [0, 0.05) is 0 Å². The van der Waals surface area contributed by atoms with Crippen LogP contribution in [0.5, 0.6) is 5.75 Å². The molecule has 0 heterocycles. The number of anilines is 1. The van der Waals surface area contributed by atoms with Gasteiger partial charge >= 0.3 is 0 Å². The van der Waals surface area contributed by atoms with Crippen LogP contribution in [-0.4, -0.2) is 12.5 Å². The molecule has 5 nitrogen and oxygen atoms in total. The average molecular weight is 447 g/mol. The standard InChI is InChI=1S/C18H11FIN3O2/c19-14-3-1-2-4-16(14)23-18(24)13(11-22)9-12-5-6-17(15(20)10-12)25-8-7-21/h1-6,9-10H,8H2,(H,23,24)/b13-9-. The smallest absolute Gasteiger partial charge is 0.266 e. The fourth-order valence-corrected chi connectivity index (χ4v) is 2.60. The zero-order valence-corrected chi connectivity index (χ0v) is 15.0. The minimum absolute atomic E-state index is 0.00322. The lowest BCUT2D eigenvalue weighted by Crippen LogP contribution is -2.14. The van der Waals surface area contributed by atoms with Crippen molar-refractivity contribution in [1.29, 1.82) is 10.5 Å². The van der Waals surface area contributed by atoms with E-state index in [9.17, 15) is 14.4 Å². The third kappa shape index (κ3) is 5.03. The summed E-state index contributed by atoms with van der Waals surface area (Å²) in [7, 11) is 0. The van der Waals surface area contributed by atoms with Crippen molar-refractivity contribution in [2.75, 3.05) is 11.9 Å². The number of amides is 1. The third-order valence-corrected chi connectivity index (χ3v) is 3.89. The Hall–Kier alpha value is -2.91. The molecule has 0 saturated heterocycles. The van der Waals surface area contributed by atoms with Crippen LogP contribution in [0.4, 0.5) is 10.1 Å². The van der Waals surface area contributed by atoms with Gasteiger partial charge in [0.15, 0.2) is 6.61 Å². The van der Waals surface area contributed by atoms with Gasteiger partial charge in [-0.3, -0.25) is 4.79 Å². The van der Waals surface area contributed by atoms with E-state index in [1.165, 1.54) is 24.3 Å². The van der Waals surface area contributed by atoms with Gasteiger partial charge in [0.05, 0.1) is 9.26 Å². The van der Waals surface area contributed by atoms with E-state index in [2.05, 4.69) is 5.32 Å². The molecule has 0 radical (unpaired) electrons. The monoisotopic (exact) mass is 447 g/mol. The fraction of sp³-hybridized carbons (Fsp3) is 0.0556. The van der Waals surface area contributed by atoms with Crippen LogP contribution in [-0.2, 0) is 4.79 Å². The van der Waals surface area contributed by atoms with Crippen LogP contribution in [0, 0.1) is 32.0 Å².